The Kier molecular flexibility index (Phi) is 5.78. The third-order valence-corrected chi connectivity index (χ3v) is 3.42. The minimum absolute atomic E-state index is 0.00380. The Morgan fingerprint density at radius 3 is 2.62 bits per heavy atom. The monoisotopic (exact) mass is 331 g/mol. The Morgan fingerprint density at radius 1 is 1.25 bits per heavy atom. The number of carbonyl (C=O) groups excluding carboxylic acids is 1. The van der Waals surface area contributed by atoms with Gasteiger partial charge in [0.25, 0.3) is 5.56 Å². The maximum atomic E-state index is 12.0. The van der Waals surface area contributed by atoms with Crippen molar-refractivity contribution in [3.63, 3.8) is 0 Å². The number of aromatic amines is 1. The van der Waals surface area contributed by atoms with Crippen LogP contribution in [-0.4, -0.2) is 28.5 Å². The lowest BCUT2D eigenvalue weighted by molar-refractivity contribution is -0.119. The molecule has 0 fully saturated rings. The summed E-state index contributed by atoms with van der Waals surface area (Å²) in [6, 6.07) is 9.26. The Morgan fingerprint density at radius 2 is 1.96 bits per heavy atom. The molecule has 0 radical (unpaired) electrons. The lowest BCUT2D eigenvalue weighted by Crippen LogP contribution is -2.36. The van der Waals surface area contributed by atoms with Crippen LogP contribution in [0.15, 0.2) is 39.9 Å². The van der Waals surface area contributed by atoms with Crippen LogP contribution in [0.5, 0.6) is 0 Å². The molecule has 0 aliphatic rings. The minimum atomic E-state index is -0.648. The minimum Gasteiger partial charge on any atom is -0.383 e. The first-order chi connectivity index (χ1) is 11.5. The van der Waals surface area contributed by atoms with E-state index in [-0.39, 0.29) is 30.5 Å². The lowest BCUT2D eigenvalue weighted by atomic mass is 10.2. The number of nitrogens with zero attached hydrogens (tertiary/aromatic N) is 1. The highest BCUT2D eigenvalue weighted by atomic mass is 16.2. The van der Waals surface area contributed by atoms with Crippen molar-refractivity contribution in [2.24, 2.45) is 0 Å². The van der Waals surface area contributed by atoms with Crippen molar-refractivity contribution < 1.29 is 4.79 Å². The lowest BCUT2D eigenvalue weighted by Gasteiger charge is -2.14. The Balaban J connectivity index is 2.23. The fourth-order valence-corrected chi connectivity index (χ4v) is 2.18. The zero-order chi connectivity index (χ0) is 17.5. The largest absolute Gasteiger partial charge is 0.383 e. The summed E-state index contributed by atoms with van der Waals surface area (Å²) in [5.74, 6) is -0.257. The molecule has 2 rings (SSSR count). The predicted molar refractivity (Wildman–Crippen MR) is 93.1 cm³/mol. The number of benzene rings is 1. The summed E-state index contributed by atoms with van der Waals surface area (Å²) in [5, 5.41) is 5.39. The van der Waals surface area contributed by atoms with Crippen molar-refractivity contribution in [3.05, 3.63) is 56.7 Å². The molecule has 24 heavy (non-hydrogen) atoms. The van der Waals surface area contributed by atoms with Gasteiger partial charge >= 0.3 is 5.69 Å². The van der Waals surface area contributed by atoms with Crippen molar-refractivity contribution in [2.75, 3.05) is 24.1 Å². The van der Waals surface area contributed by atoms with Gasteiger partial charge in [0, 0.05) is 6.54 Å². The van der Waals surface area contributed by atoms with Gasteiger partial charge in [-0.25, -0.2) is 4.79 Å². The summed E-state index contributed by atoms with van der Waals surface area (Å²) in [4.78, 5) is 37.8. The molecule has 5 N–H and O–H groups in total. The van der Waals surface area contributed by atoms with E-state index in [2.05, 4.69) is 15.6 Å². The second-order valence-electron chi connectivity index (χ2n) is 5.29. The molecule has 0 saturated heterocycles. The second kappa shape index (κ2) is 8.00. The van der Waals surface area contributed by atoms with Gasteiger partial charge in [-0.15, -0.1) is 0 Å². The number of hydrogen-bond acceptors (Lipinski definition) is 5. The molecular formula is C16H21N5O3. The van der Waals surface area contributed by atoms with E-state index in [0.29, 0.717) is 6.54 Å². The Hall–Kier alpha value is -3.03. The Bertz CT molecular complexity index is 811. The van der Waals surface area contributed by atoms with Gasteiger partial charge in [0.1, 0.15) is 11.5 Å². The van der Waals surface area contributed by atoms with Crippen LogP contribution in [0.4, 0.5) is 11.5 Å². The molecule has 1 amide bonds. The van der Waals surface area contributed by atoms with E-state index in [1.165, 1.54) is 4.57 Å². The first-order valence-corrected chi connectivity index (χ1v) is 7.70. The average Bonchev–Trinajstić information content (AvgIpc) is 2.57. The molecule has 8 heteroatoms. The molecule has 1 heterocycles. The van der Waals surface area contributed by atoms with Gasteiger partial charge in [-0.1, -0.05) is 37.3 Å². The van der Waals surface area contributed by atoms with Gasteiger partial charge in [0.15, 0.2) is 0 Å². The van der Waals surface area contributed by atoms with Crippen LogP contribution in [0.3, 0.4) is 0 Å². The third kappa shape index (κ3) is 4.25. The standard InChI is InChI=1S/C16H21N5O3/c1-2-8-18-12(22)9-19-13-14(17)21(16(24)20-15(13)23)10-11-6-4-3-5-7-11/h3-7,19H,2,8-10,17H2,1H3,(H,18,22)(H,20,23,24). The number of carbonyl (C=O) groups is 1. The van der Waals surface area contributed by atoms with E-state index < -0.39 is 11.2 Å². The summed E-state index contributed by atoms with van der Waals surface area (Å²) in [7, 11) is 0. The first kappa shape index (κ1) is 17.3. The smallest absolute Gasteiger partial charge is 0.330 e. The van der Waals surface area contributed by atoms with Crippen LogP contribution < -0.4 is 27.6 Å². The van der Waals surface area contributed by atoms with Crippen LogP contribution in [0.2, 0.25) is 0 Å². The summed E-state index contributed by atoms with van der Waals surface area (Å²) in [6.07, 6.45) is 0.816. The number of nitrogens with two attached hydrogens (primary N) is 1. The zero-order valence-electron chi connectivity index (χ0n) is 13.5. The average molecular weight is 331 g/mol. The van der Waals surface area contributed by atoms with E-state index in [1.807, 2.05) is 37.3 Å². The number of H-pyrrole nitrogens is 1. The van der Waals surface area contributed by atoms with E-state index >= 15 is 0 Å². The number of aromatic nitrogens is 2. The normalized spacial score (nSPS) is 10.4. The van der Waals surface area contributed by atoms with Gasteiger partial charge in [0.2, 0.25) is 5.91 Å². The maximum Gasteiger partial charge on any atom is 0.330 e. The van der Waals surface area contributed by atoms with E-state index in [4.69, 9.17) is 5.73 Å². The molecule has 0 spiro atoms. The molecule has 1 aromatic carbocycles. The molecule has 128 valence electrons. The molecule has 0 aliphatic heterocycles. The summed E-state index contributed by atoms with van der Waals surface area (Å²) < 4.78 is 1.25. The van der Waals surface area contributed by atoms with Crippen LogP contribution in [-0.2, 0) is 11.3 Å². The van der Waals surface area contributed by atoms with E-state index in [9.17, 15) is 14.4 Å². The van der Waals surface area contributed by atoms with Crippen molar-refractivity contribution in [2.45, 2.75) is 19.9 Å². The van der Waals surface area contributed by atoms with Gasteiger partial charge < -0.3 is 16.4 Å². The van der Waals surface area contributed by atoms with Crippen molar-refractivity contribution >= 4 is 17.4 Å². The molecule has 0 aliphatic carbocycles. The Labute approximate surface area is 138 Å². The molecular weight excluding hydrogens is 310 g/mol. The molecule has 0 bridgehead atoms. The zero-order valence-corrected chi connectivity index (χ0v) is 13.5. The number of rotatable bonds is 7. The first-order valence-electron chi connectivity index (χ1n) is 7.70. The molecule has 1 aromatic heterocycles. The number of nitrogens with one attached hydrogen (secondary N) is 3. The van der Waals surface area contributed by atoms with Gasteiger partial charge in [-0.05, 0) is 12.0 Å². The number of nitrogen functional groups attached to an aromatic ring is 1. The van der Waals surface area contributed by atoms with E-state index in [0.717, 1.165) is 12.0 Å². The number of hydrogen-bond donors (Lipinski definition) is 4. The van der Waals surface area contributed by atoms with Gasteiger partial charge in [-0.3, -0.25) is 19.1 Å². The quantitative estimate of drug-likeness (QED) is 0.573. The van der Waals surface area contributed by atoms with Crippen LogP contribution in [0, 0.1) is 0 Å². The summed E-state index contributed by atoms with van der Waals surface area (Å²) >= 11 is 0. The molecule has 0 atom stereocenters. The molecule has 8 nitrogen and oxygen atoms in total. The van der Waals surface area contributed by atoms with Gasteiger partial charge in [0.05, 0.1) is 13.1 Å². The maximum absolute atomic E-state index is 12.0. The van der Waals surface area contributed by atoms with Crippen LogP contribution in [0.1, 0.15) is 18.9 Å². The molecule has 0 saturated carbocycles. The molecule has 2 aromatic rings. The van der Waals surface area contributed by atoms with Gasteiger partial charge in [-0.2, -0.15) is 0 Å². The second-order valence-corrected chi connectivity index (χ2v) is 5.29. The van der Waals surface area contributed by atoms with Crippen LogP contribution >= 0.6 is 0 Å². The molecule has 0 unspecified atom stereocenters. The topological polar surface area (TPSA) is 122 Å². The fourth-order valence-electron chi connectivity index (χ4n) is 2.18. The number of anilines is 2. The highest BCUT2D eigenvalue weighted by molar-refractivity contribution is 5.81. The predicted octanol–water partition coefficient (Wildman–Crippen LogP) is 0.105. The van der Waals surface area contributed by atoms with Crippen molar-refractivity contribution in [1.82, 2.24) is 14.9 Å². The summed E-state index contributed by atoms with van der Waals surface area (Å²) in [6.45, 7) is 2.62. The van der Waals surface area contributed by atoms with Crippen molar-refractivity contribution in [1.29, 1.82) is 0 Å². The number of amides is 1. The summed E-state index contributed by atoms with van der Waals surface area (Å²) in [5.41, 5.74) is 5.60. The van der Waals surface area contributed by atoms with Crippen molar-refractivity contribution in [3.8, 4) is 0 Å². The third-order valence-electron chi connectivity index (χ3n) is 3.42. The van der Waals surface area contributed by atoms with E-state index in [1.54, 1.807) is 0 Å². The SMILES string of the molecule is CCCNC(=O)CNc1c(N)n(Cc2ccccc2)c(=O)[nH]c1=O. The van der Waals surface area contributed by atoms with Crippen LogP contribution in [0.25, 0.3) is 0 Å². The highest BCUT2D eigenvalue weighted by Crippen LogP contribution is 2.11. The fraction of sp³-hybridized carbons (Fsp3) is 0.312. The highest BCUT2D eigenvalue weighted by Gasteiger charge is 2.13.